The first-order chi connectivity index (χ1) is 9.65. The SMILES string of the molecule is NC(=O)COc1ccc(NC(=O)[C@H]2CCCCN2)cc1. The molecule has 1 aromatic carbocycles. The van der Waals surface area contributed by atoms with E-state index in [0.29, 0.717) is 11.4 Å². The third-order valence-corrected chi connectivity index (χ3v) is 3.13. The molecule has 6 nitrogen and oxygen atoms in total. The van der Waals surface area contributed by atoms with Crippen LogP contribution in [-0.4, -0.2) is 31.0 Å². The van der Waals surface area contributed by atoms with Crippen LogP contribution in [0.4, 0.5) is 5.69 Å². The van der Waals surface area contributed by atoms with E-state index in [1.54, 1.807) is 24.3 Å². The van der Waals surface area contributed by atoms with Crippen LogP contribution in [0.15, 0.2) is 24.3 Å². The Hall–Kier alpha value is -2.08. The molecule has 1 fully saturated rings. The number of ether oxygens (including phenoxy) is 1. The van der Waals surface area contributed by atoms with E-state index in [-0.39, 0.29) is 18.6 Å². The lowest BCUT2D eigenvalue weighted by molar-refractivity contribution is -0.120. The number of carbonyl (C=O) groups is 2. The molecule has 0 spiro atoms. The Morgan fingerprint density at radius 3 is 2.65 bits per heavy atom. The molecule has 1 atom stereocenters. The van der Waals surface area contributed by atoms with Gasteiger partial charge in [0.25, 0.3) is 5.91 Å². The van der Waals surface area contributed by atoms with E-state index >= 15 is 0 Å². The zero-order chi connectivity index (χ0) is 14.4. The van der Waals surface area contributed by atoms with Crippen LogP contribution in [-0.2, 0) is 9.59 Å². The first-order valence-electron chi connectivity index (χ1n) is 6.70. The fourth-order valence-corrected chi connectivity index (χ4v) is 2.09. The summed E-state index contributed by atoms with van der Waals surface area (Å²) in [4.78, 5) is 22.6. The number of amides is 2. The van der Waals surface area contributed by atoms with Crippen LogP contribution in [0.1, 0.15) is 19.3 Å². The number of anilines is 1. The average Bonchev–Trinajstić information content (AvgIpc) is 2.47. The van der Waals surface area contributed by atoms with Crippen LogP contribution in [0.3, 0.4) is 0 Å². The quantitative estimate of drug-likeness (QED) is 0.736. The number of primary amides is 1. The minimum absolute atomic E-state index is 0.0181. The molecule has 0 unspecified atom stereocenters. The summed E-state index contributed by atoms with van der Waals surface area (Å²) in [6.45, 7) is 0.732. The summed E-state index contributed by atoms with van der Waals surface area (Å²) in [6, 6.07) is 6.72. The van der Waals surface area contributed by atoms with Crippen molar-refractivity contribution in [3.8, 4) is 5.75 Å². The number of nitrogens with two attached hydrogens (primary N) is 1. The van der Waals surface area contributed by atoms with E-state index in [1.165, 1.54) is 0 Å². The lowest BCUT2D eigenvalue weighted by Gasteiger charge is -2.22. The monoisotopic (exact) mass is 277 g/mol. The summed E-state index contributed by atoms with van der Waals surface area (Å²) in [5, 5.41) is 6.05. The summed E-state index contributed by atoms with van der Waals surface area (Å²) in [5.74, 6) is -0.00107. The molecule has 0 aromatic heterocycles. The molecule has 2 rings (SSSR count). The van der Waals surface area contributed by atoms with Crippen LogP contribution >= 0.6 is 0 Å². The number of rotatable bonds is 5. The molecule has 1 saturated heterocycles. The lowest BCUT2D eigenvalue weighted by atomic mass is 10.0. The zero-order valence-corrected chi connectivity index (χ0v) is 11.2. The Morgan fingerprint density at radius 1 is 1.30 bits per heavy atom. The van der Waals surface area contributed by atoms with Gasteiger partial charge in [0.2, 0.25) is 5.91 Å². The number of hydrogen-bond donors (Lipinski definition) is 3. The molecular weight excluding hydrogens is 258 g/mol. The Balaban J connectivity index is 1.86. The van der Waals surface area contributed by atoms with Crippen molar-refractivity contribution >= 4 is 17.5 Å². The predicted octanol–water partition coefficient (Wildman–Crippen LogP) is 0.631. The van der Waals surface area contributed by atoms with Gasteiger partial charge in [-0.25, -0.2) is 0 Å². The van der Waals surface area contributed by atoms with Crippen LogP contribution < -0.4 is 21.1 Å². The molecule has 0 saturated carbocycles. The first-order valence-corrected chi connectivity index (χ1v) is 6.70. The molecule has 0 aliphatic carbocycles. The second kappa shape index (κ2) is 6.91. The Morgan fingerprint density at radius 2 is 2.05 bits per heavy atom. The van der Waals surface area contributed by atoms with E-state index in [1.807, 2.05) is 0 Å². The van der Waals surface area contributed by atoms with E-state index in [0.717, 1.165) is 25.8 Å². The summed E-state index contributed by atoms with van der Waals surface area (Å²) in [6.07, 6.45) is 3.06. The van der Waals surface area contributed by atoms with Crippen molar-refractivity contribution in [2.24, 2.45) is 5.73 Å². The molecule has 1 aliphatic rings. The van der Waals surface area contributed by atoms with Crippen LogP contribution in [0.5, 0.6) is 5.75 Å². The largest absolute Gasteiger partial charge is 0.484 e. The molecule has 1 heterocycles. The minimum Gasteiger partial charge on any atom is -0.484 e. The summed E-state index contributed by atoms with van der Waals surface area (Å²) in [5.41, 5.74) is 5.69. The summed E-state index contributed by atoms with van der Waals surface area (Å²) < 4.78 is 5.14. The van der Waals surface area contributed by atoms with Gasteiger partial charge in [-0.05, 0) is 43.7 Å². The third kappa shape index (κ3) is 4.24. The van der Waals surface area contributed by atoms with Crippen molar-refractivity contribution in [3.05, 3.63) is 24.3 Å². The normalized spacial score (nSPS) is 18.3. The molecule has 4 N–H and O–H groups in total. The van der Waals surface area contributed by atoms with Gasteiger partial charge in [0, 0.05) is 5.69 Å². The highest BCUT2D eigenvalue weighted by Crippen LogP contribution is 2.16. The van der Waals surface area contributed by atoms with E-state index in [2.05, 4.69) is 10.6 Å². The number of carbonyl (C=O) groups excluding carboxylic acids is 2. The van der Waals surface area contributed by atoms with Gasteiger partial charge >= 0.3 is 0 Å². The first kappa shape index (κ1) is 14.3. The summed E-state index contributed by atoms with van der Waals surface area (Å²) >= 11 is 0. The number of hydrogen-bond acceptors (Lipinski definition) is 4. The van der Waals surface area contributed by atoms with Crippen molar-refractivity contribution in [3.63, 3.8) is 0 Å². The topological polar surface area (TPSA) is 93.5 Å². The Bertz CT molecular complexity index is 467. The second-order valence-corrected chi connectivity index (χ2v) is 4.77. The third-order valence-electron chi connectivity index (χ3n) is 3.13. The standard InChI is InChI=1S/C14H19N3O3/c15-13(18)9-20-11-6-4-10(5-7-11)17-14(19)12-3-1-2-8-16-12/h4-7,12,16H,1-3,8-9H2,(H2,15,18)(H,17,19)/t12-/m1/s1. The van der Waals surface area contributed by atoms with Crippen molar-refractivity contribution in [1.29, 1.82) is 0 Å². The number of benzene rings is 1. The maximum atomic E-state index is 12.0. The number of nitrogens with one attached hydrogen (secondary N) is 2. The van der Waals surface area contributed by atoms with Gasteiger partial charge in [-0.3, -0.25) is 9.59 Å². The fourth-order valence-electron chi connectivity index (χ4n) is 2.09. The van der Waals surface area contributed by atoms with Crippen molar-refractivity contribution in [2.75, 3.05) is 18.5 Å². The van der Waals surface area contributed by atoms with Crippen molar-refractivity contribution in [2.45, 2.75) is 25.3 Å². The smallest absolute Gasteiger partial charge is 0.255 e. The maximum absolute atomic E-state index is 12.0. The maximum Gasteiger partial charge on any atom is 0.255 e. The van der Waals surface area contributed by atoms with Gasteiger partial charge in [0.05, 0.1) is 6.04 Å². The highest BCUT2D eigenvalue weighted by Gasteiger charge is 2.20. The van der Waals surface area contributed by atoms with Gasteiger partial charge in [0.15, 0.2) is 6.61 Å². The van der Waals surface area contributed by atoms with Gasteiger partial charge in [-0.15, -0.1) is 0 Å². The molecule has 20 heavy (non-hydrogen) atoms. The van der Waals surface area contributed by atoms with E-state index in [4.69, 9.17) is 10.5 Å². The van der Waals surface area contributed by atoms with Gasteiger partial charge in [0.1, 0.15) is 5.75 Å². The van der Waals surface area contributed by atoms with E-state index < -0.39 is 5.91 Å². The van der Waals surface area contributed by atoms with Crippen LogP contribution in [0.2, 0.25) is 0 Å². The molecule has 1 aliphatic heterocycles. The second-order valence-electron chi connectivity index (χ2n) is 4.77. The zero-order valence-electron chi connectivity index (χ0n) is 11.2. The summed E-state index contributed by atoms with van der Waals surface area (Å²) in [7, 11) is 0. The Kier molecular flexibility index (Phi) is 4.95. The fraction of sp³-hybridized carbons (Fsp3) is 0.429. The molecule has 2 amide bonds. The van der Waals surface area contributed by atoms with Gasteiger partial charge < -0.3 is 21.1 Å². The number of piperidine rings is 1. The molecule has 108 valence electrons. The average molecular weight is 277 g/mol. The minimum atomic E-state index is -0.522. The van der Waals surface area contributed by atoms with Crippen molar-refractivity contribution < 1.29 is 14.3 Å². The predicted molar refractivity (Wildman–Crippen MR) is 75.4 cm³/mol. The van der Waals surface area contributed by atoms with E-state index in [9.17, 15) is 9.59 Å². The molecular formula is C14H19N3O3. The molecule has 6 heteroatoms. The van der Waals surface area contributed by atoms with Crippen molar-refractivity contribution in [1.82, 2.24) is 5.32 Å². The van der Waals surface area contributed by atoms with Crippen LogP contribution in [0, 0.1) is 0 Å². The van der Waals surface area contributed by atoms with Gasteiger partial charge in [-0.1, -0.05) is 6.42 Å². The molecule has 0 radical (unpaired) electrons. The molecule has 0 bridgehead atoms. The highest BCUT2D eigenvalue weighted by atomic mass is 16.5. The Labute approximate surface area is 117 Å². The highest BCUT2D eigenvalue weighted by molar-refractivity contribution is 5.94. The van der Waals surface area contributed by atoms with Gasteiger partial charge in [-0.2, -0.15) is 0 Å². The molecule has 1 aromatic rings. The lowest BCUT2D eigenvalue weighted by Crippen LogP contribution is -2.43. The van der Waals surface area contributed by atoms with Crippen LogP contribution in [0.25, 0.3) is 0 Å².